The van der Waals surface area contributed by atoms with E-state index in [1.54, 1.807) is 0 Å². The van der Waals surface area contributed by atoms with Gasteiger partial charge in [0.15, 0.2) is 23.8 Å². The van der Waals surface area contributed by atoms with Gasteiger partial charge in [0.2, 0.25) is 0 Å². The van der Waals surface area contributed by atoms with Crippen molar-refractivity contribution in [2.24, 2.45) is 10.8 Å². The number of allylic oxidation sites excluding steroid dienone is 20. The monoisotopic (exact) mass is 939 g/mol. The lowest BCUT2D eigenvalue weighted by atomic mass is 9.71. The van der Waals surface area contributed by atoms with Crippen molar-refractivity contribution in [3.05, 3.63) is 202 Å². The second-order valence-corrected chi connectivity index (χ2v) is 20.1. The molecule has 0 unspecified atom stereocenters. The van der Waals surface area contributed by atoms with Crippen molar-refractivity contribution in [1.29, 1.82) is 0 Å². The van der Waals surface area contributed by atoms with Crippen LogP contribution in [0.5, 0.6) is 0 Å². The molecular formula is C62H70N2O6. The van der Waals surface area contributed by atoms with E-state index in [9.17, 15) is 19.2 Å². The third-order valence-corrected chi connectivity index (χ3v) is 13.4. The highest BCUT2D eigenvalue weighted by atomic mass is 16.6. The van der Waals surface area contributed by atoms with Crippen molar-refractivity contribution in [3.63, 3.8) is 0 Å². The number of aryl methyl sites for hydroxylation is 2. The van der Waals surface area contributed by atoms with Gasteiger partial charge in [0.05, 0.1) is 0 Å². The number of aromatic nitrogens is 2. The maximum absolute atomic E-state index is 13.4. The Bertz CT molecular complexity index is 2770. The highest BCUT2D eigenvalue weighted by Gasteiger charge is 2.41. The lowest BCUT2D eigenvalue weighted by molar-refractivity contribution is -0.156. The minimum Gasteiger partial charge on any atom is -0.454 e. The highest BCUT2D eigenvalue weighted by molar-refractivity contribution is 6.02. The van der Waals surface area contributed by atoms with E-state index in [0.717, 1.165) is 66.4 Å². The van der Waals surface area contributed by atoms with Crippen LogP contribution in [0.15, 0.2) is 191 Å². The Hall–Kier alpha value is -7.06. The summed E-state index contributed by atoms with van der Waals surface area (Å²) in [6, 6.07) is 16.0. The van der Waals surface area contributed by atoms with Crippen LogP contribution in [0.25, 0.3) is 21.8 Å². The average Bonchev–Trinajstić information content (AvgIpc) is 3.93. The first kappa shape index (κ1) is 52.3. The number of carbonyl (C=O) groups is 4. The number of carbonyl (C=O) groups excluding carboxylic acids is 4. The van der Waals surface area contributed by atoms with Crippen LogP contribution in [0.4, 0.5) is 0 Å². The van der Waals surface area contributed by atoms with Crippen molar-refractivity contribution in [2.75, 3.05) is 0 Å². The summed E-state index contributed by atoms with van der Waals surface area (Å²) in [7, 11) is 0. The number of nitrogens with one attached hydrogen (secondary N) is 2. The first-order valence-corrected chi connectivity index (χ1v) is 24.4. The third-order valence-electron chi connectivity index (χ3n) is 13.4. The summed E-state index contributed by atoms with van der Waals surface area (Å²) in [5, 5.41) is 2.19. The number of Topliss-reactive ketones (excluding diaryl/α,β-unsaturated/α-hetero) is 2. The Kier molecular flexibility index (Phi) is 17.6. The van der Waals surface area contributed by atoms with Gasteiger partial charge in [-0.3, -0.25) is 19.2 Å². The van der Waals surface area contributed by atoms with Gasteiger partial charge in [-0.05, 0) is 111 Å². The van der Waals surface area contributed by atoms with Crippen molar-refractivity contribution in [2.45, 2.75) is 120 Å². The minimum atomic E-state index is -0.786. The van der Waals surface area contributed by atoms with Crippen molar-refractivity contribution in [3.8, 4) is 0 Å². The molecule has 364 valence electrons. The lowest BCUT2D eigenvalue weighted by Crippen LogP contribution is -2.39. The third kappa shape index (κ3) is 13.8. The van der Waals surface area contributed by atoms with E-state index >= 15 is 0 Å². The summed E-state index contributed by atoms with van der Waals surface area (Å²) < 4.78 is 11.6. The molecule has 2 aliphatic carbocycles. The van der Waals surface area contributed by atoms with E-state index in [1.165, 1.54) is 0 Å². The molecule has 0 radical (unpaired) electrons. The number of fused-ring (bicyclic) bond motifs is 2. The Morgan fingerprint density at radius 2 is 0.914 bits per heavy atom. The van der Waals surface area contributed by atoms with Gasteiger partial charge in [-0.15, -0.1) is 0 Å². The quantitative estimate of drug-likeness (QED) is 0.0758. The smallest absolute Gasteiger partial charge is 0.306 e. The van der Waals surface area contributed by atoms with Crippen LogP contribution in [0.1, 0.15) is 106 Å². The van der Waals surface area contributed by atoms with Crippen LogP contribution in [0.2, 0.25) is 0 Å². The second-order valence-electron chi connectivity index (χ2n) is 20.1. The second kappa shape index (κ2) is 23.5. The van der Waals surface area contributed by atoms with Crippen LogP contribution in [-0.2, 0) is 41.5 Å². The largest absolute Gasteiger partial charge is 0.454 e. The number of benzene rings is 2. The SMILES string of the molecule is CC1=C(/C=C/C(C)=C/C=C/C(C)=C/C=C/C=C(C)/C=C/C=C(C)/C=C/C2=C(C)C(=O)[C@@H](OC(=O)CCc3c[nH]c4ccccc34)CC2(C)C)C(C)(C)C[C@H](OC(=O)CCc2c[nH]c3ccccc23)C1=O. The number of rotatable bonds is 18. The molecule has 0 bridgehead atoms. The lowest BCUT2D eigenvalue weighted by Gasteiger charge is -2.36. The number of ether oxygens (including phenoxy) is 2. The Balaban J connectivity index is 0.945. The Morgan fingerprint density at radius 3 is 1.31 bits per heavy atom. The number of aromatic amines is 2. The van der Waals surface area contributed by atoms with Crippen LogP contribution in [0.3, 0.4) is 0 Å². The van der Waals surface area contributed by atoms with Crippen molar-refractivity contribution < 1.29 is 28.7 Å². The molecule has 70 heavy (non-hydrogen) atoms. The fraction of sp³-hybridized carbons (Fsp3) is 0.323. The zero-order valence-electron chi connectivity index (χ0n) is 42.7. The molecule has 0 amide bonds. The van der Waals surface area contributed by atoms with Gasteiger partial charge in [0, 0.05) is 59.9 Å². The van der Waals surface area contributed by atoms with Crippen LogP contribution < -0.4 is 0 Å². The van der Waals surface area contributed by atoms with Gasteiger partial charge in [-0.25, -0.2) is 0 Å². The number of ketones is 2. The predicted octanol–water partition coefficient (Wildman–Crippen LogP) is 14.2. The van der Waals surface area contributed by atoms with E-state index in [4.69, 9.17) is 9.47 Å². The maximum Gasteiger partial charge on any atom is 0.306 e. The average molecular weight is 939 g/mol. The zero-order chi connectivity index (χ0) is 50.6. The molecule has 0 saturated carbocycles. The van der Waals surface area contributed by atoms with Crippen LogP contribution in [-0.4, -0.2) is 45.7 Å². The molecule has 6 rings (SSSR count). The van der Waals surface area contributed by atoms with Crippen molar-refractivity contribution >= 4 is 45.3 Å². The molecule has 2 aromatic carbocycles. The molecule has 0 saturated heterocycles. The molecule has 0 aliphatic heterocycles. The fourth-order valence-corrected chi connectivity index (χ4v) is 9.34. The molecule has 0 spiro atoms. The summed E-state index contributed by atoms with van der Waals surface area (Å²) in [5.41, 5.74) is 10.9. The molecule has 2 atom stereocenters. The maximum atomic E-state index is 13.4. The summed E-state index contributed by atoms with van der Waals surface area (Å²) in [5.74, 6) is -0.984. The molecule has 0 fully saturated rings. The molecule has 2 aromatic heterocycles. The summed E-state index contributed by atoms with van der Waals surface area (Å²) in [4.78, 5) is 59.1. The van der Waals surface area contributed by atoms with E-state index in [1.807, 2.05) is 149 Å². The first-order chi connectivity index (χ1) is 33.3. The zero-order valence-corrected chi connectivity index (χ0v) is 42.7. The van der Waals surface area contributed by atoms with E-state index in [0.29, 0.717) is 36.8 Å². The van der Waals surface area contributed by atoms with Gasteiger partial charge in [-0.1, -0.05) is 171 Å². The van der Waals surface area contributed by atoms with E-state index in [2.05, 4.69) is 75.8 Å². The first-order valence-electron chi connectivity index (χ1n) is 24.4. The normalized spacial score (nSPS) is 19.7. The van der Waals surface area contributed by atoms with Gasteiger partial charge >= 0.3 is 11.9 Å². The standard InChI is InChI=1S/C62H70N2O6/c1-41(21-17-23-43(3)29-33-51-45(5)59(67)55(37-61(51,7)8)69-57(65)35-31-47-39-63-53-27-15-13-25-49(47)53)19-11-12-20-42(2)22-18-24-44(4)30-34-52-46(6)60(68)56(38-62(52,9)10)70-58(66)36-32-48-40-64-54-28-16-14-26-50(48)54/h11-30,33-34,39-40,55-56,63-64H,31-32,35-38H2,1-10H3/b12-11+,21-17+,22-18+,33-29+,34-30+,41-19+,42-20+,43-23+,44-24+/t55-,56-/m0/s1. The molecule has 2 aliphatic rings. The van der Waals surface area contributed by atoms with Crippen LogP contribution >= 0.6 is 0 Å². The van der Waals surface area contributed by atoms with E-state index in [-0.39, 0.29) is 47.2 Å². The van der Waals surface area contributed by atoms with Crippen molar-refractivity contribution in [1.82, 2.24) is 9.97 Å². The molecule has 2 N–H and O–H groups in total. The minimum absolute atomic E-state index is 0.133. The summed E-state index contributed by atoms with van der Waals surface area (Å²) >= 11 is 0. The molecule has 8 heteroatoms. The Labute approximate surface area is 414 Å². The van der Waals surface area contributed by atoms with Gasteiger partial charge < -0.3 is 19.4 Å². The number of esters is 2. The Morgan fingerprint density at radius 1 is 0.557 bits per heavy atom. The number of para-hydroxylation sites is 2. The summed E-state index contributed by atoms with van der Waals surface area (Å²) in [6.45, 7) is 20.2. The van der Waals surface area contributed by atoms with E-state index < -0.39 is 12.2 Å². The molecule has 2 heterocycles. The number of hydrogen-bond acceptors (Lipinski definition) is 6. The van der Waals surface area contributed by atoms with Gasteiger partial charge in [-0.2, -0.15) is 0 Å². The number of hydrogen-bond donors (Lipinski definition) is 2. The van der Waals surface area contributed by atoms with Gasteiger partial charge in [0.25, 0.3) is 0 Å². The number of H-pyrrole nitrogens is 2. The topological polar surface area (TPSA) is 118 Å². The molecular weight excluding hydrogens is 869 g/mol. The summed E-state index contributed by atoms with van der Waals surface area (Å²) in [6.07, 6.45) is 33.2. The van der Waals surface area contributed by atoms with Crippen LogP contribution in [0, 0.1) is 10.8 Å². The molecule has 8 nitrogen and oxygen atoms in total. The molecule has 4 aromatic rings. The highest BCUT2D eigenvalue weighted by Crippen LogP contribution is 2.42. The predicted molar refractivity (Wildman–Crippen MR) is 286 cm³/mol. The fourth-order valence-electron chi connectivity index (χ4n) is 9.34. The van der Waals surface area contributed by atoms with Gasteiger partial charge in [0.1, 0.15) is 0 Å².